The lowest BCUT2D eigenvalue weighted by Gasteiger charge is -2.08. The van der Waals surface area contributed by atoms with Gasteiger partial charge in [0.05, 0.1) is 11.1 Å². The van der Waals surface area contributed by atoms with Crippen molar-refractivity contribution in [2.24, 2.45) is 5.92 Å². The van der Waals surface area contributed by atoms with Gasteiger partial charge in [-0.2, -0.15) is 9.50 Å². The van der Waals surface area contributed by atoms with E-state index in [1.807, 2.05) is 84.9 Å². The largest absolute Gasteiger partial charge is 0.493 e. The van der Waals surface area contributed by atoms with Crippen molar-refractivity contribution in [2.45, 2.75) is 13.8 Å². The second-order valence-corrected chi connectivity index (χ2v) is 9.27. The first-order valence-corrected chi connectivity index (χ1v) is 11.8. The summed E-state index contributed by atoms with van der Waals surface area (Å²) in [5.41, 5.74) is 1.51. The van der Waals surface area contributed by atoms with Crippen LogP contribution in [-0.2, 0) is 0 Å². The van der Waals surface area contributed by atoms with Crippen LogP contribution in [0.15, 0.2) is 83.7 Å². The molecule has 7 heteroatoms. The summed E-state index contributed by atoms with van der Waals surface area (Å²) in [7, 11) is 0. The summed E-state index contributed by atoms with van der Waals surface area (Å²) in [5, 5.41) is 4.44. The van der Waals surface area contributed by atoms with Crippen LogP contribution in [0.3, 0.4) is 0 Å². The van der Waals surface area contributed by atoms with Gasteiger partial charge < -0.3 is 9.47 Å². The van der Waals surface area contributed by atoms with E-state index in [1.165, 1.54) is 15.9 Å². The molecule has 0 saturated heterocycles. The van der Waals surface area contributed by atoms with E-state index in [-0.39, 0.29) is 5.56 Å². The third-order valence-corrected chi connectivity index (χ3v) is 5.97. The molecule has 0 atom stereocenters. The first kappa shape index (κ1) is 21.9. The Balaban J connectivity index is 1.39. The summed E-state index contributed by atoms with van der Waals surface area (Å²) in [6.45, 7) is 4.88. The number of nitrogens with zero attached hydrogens (tertiary/aromatic N) is 3. The third-order valence-electron chi connectivity index (χ3n) is 5.01. The van der Waals surface area contributed by atoms with E-state index in [0.29, 0.717) is 33.6 Å². The number of para-hydroxylation sites is 1. The minimum atomic E-state index is -0.190. The van der Waals surface area contributed by atoms with Crippen LogP contribution < -0.4 is 19.6 Å². The van der Waals surface area contributed by atoms with Gasteiger partial charge in [0.25, 0.3) is 5.56 Å². The standard InChI is InChI=1S/C27H23N3O3S/c1-18(2)17-32-21-13-11-20(12-14-21)25-28-27-30(29-25)26(31)24(34-27)16-19-7-6-10-23(15-19)33-22-8-4-3-5-9-22/h3-16,18H,17H2,1-2H3. The lowest BCUT2D eigenvalue weighted by molar-refractivity contribution is 0.271. The Bertz CT molecular complexity index is 1520. The molecule has 0 N–H and O–H groups in total. The molecule has 0 bridgehead atoms. The van der Waals surface area contributed by atoms with Crippen LogP contribution >= 0.6 is 11.3 Å². The molecule has 0 aliphatic rings. The van der Waals surface area contributed by atoms with Gasteiger partial charge in [-0.15, -0.1) is 5.10 Å². The second-order valence-electron chi connectivity index (χ2n) is 8.26. The fraction of sp³-hybridized carbons (Fsp3) is 0.148. The Morgan fingerprint density at radius 1 is 0.941 bits per heavy atom. The fourth-order valence-electron chi connectivity index (χ4n) is 3.36. The summed E-state index contributed by atoms with van der Waals surface area (Å²) in [4.78, 5) is 18.1. The molecule has 0 aliphatic heterocycles. The summed E-state index contributed by atoms with van der Waals surface area (Å²) in [6, 6.07) is 24.8. The number of benzene rings is 3. The SMILES string of the molecule is CC(C)COc1ccc(-c2nc3sc(=Cc4cccc(Oc5ccccc5)c4)c(=O)n3n2)cc1. The maximum atomic E-state index is 12.9. The van der Waals surface area contributed by atoms with E-state index in [9.17, 15) is 4.79 Å². The quantitative estimate of drug-likeness (QED) is 0.328. The predicted molar refractivity (Wildman–Crippen MR) is 135 cm³/mol. The molecule has 34 heavy (non-hydrogen) atoms. The minimum absolute atomic E-state index is 0.190. The van der Waals surface area contributed by atoms with Gasteiger partial charge in [0.1, 0.15) is 17.2 Å². The molecule has 0 radical (unpaired) electrons. The van der Waals surface area contributed by atoms with E-state index < -0.39 is 0 Å². The van der Waals surface area contributed by atoms with Crippen molar-refractivity contribution in [3.8, 4) is 28.6 Å². The van der Waals surface area contributed by atoms with Gasteiger partial charge in [0.2, 0.25) is 4.96 Å². The van der Waals surface area contributed by atoms with Crippen molar-refractivity contribution < 1.29 is 9.47 Å². The second kappa shape index (κ2) is 9.49. The highest BCUT2D eigenvalue weighted by atomic mass is 32.1. The van der Waals surface area contributed by atoms with Gasteiger partial charge in [-0.3, -0.25) is 4.79 Å². The average Bonchev–Trinajstić information content (AvgIpc) is 3.38. The molecule has 2 heterocycles. The van der Waals surface area contributed by atoms with Crippen LogP contribution in [0.1, 0.15) is 19.4 Å². The summed E-state index contributed by atoms with van der Waals surface area (Å²) >= 11 is 1.31. The van der Waals surface area contributed by atoms with Gasteiger partial charge in [-0.1, -0.05) is 55.5 Å². The molecule has 0 aliphatic carbocycles. The van der Waals surface area contributed by atoms with Crippen LogP contribution in [-0.4, -0.2) is 21.2 Å². The topological polar surface area (TPSA) is 65.7 Å². The molecular formula is C27H23N3O3S. The van der Waals surface area contributed by atoms with E-state index in [4.69, 9.17) is 9.47 Å². The molecule has 3 aromatic carbocycles. The van der Waals surface area contributed by atoms with Crippen molar-refractivity contribution in [2.75, 3.05) is 6.61 Å². The number of hydrogen-bond donors (Lipinski definition) is 0. The summed E-state index contributed by atoms with van der Waals surface area (Å²) in [6.07, 6.45) is 1.84. The Hall–Kier alpha value is -3.97. The third kappa shape index (κ3) is 4.84. The van der Waals surface area contributed by atoms with Crippen molar-refractivity contribution in [3.63, 3.8) is 0 Å². The monoisotopic (exact) mass is 469 g/mol. The smallest absolute Gasteiger partial charge is 0.291 e. The molecule has 5 aromatic rings. The average molecular weight is 470 g/mol. The molecule has 5 rings (SSSR count). The van der Waals surface area contributed by atoms with Crippen LogP contribution in [0, 0.1) is 5.92 Å². The van der Waals surface area contributed by atoms with E-state index in [2.05, 4.69) is 23.9 Å². The van der Waals surface area contributed by atoms with Gasteiger partial charge in [0.15, 0.2) is 5.82 Å². The molecule has 0 saturated carbocycles. The van der Waals surface area contributed by atoms with E-state index in [0.717, 1.165) is 22.6 Å². The number of fused-ring (bicyclic) bond motifs is 1. The fourth-order valence-corrected chi connectivity index (χ4v) is 4.27. The molecule has 6 nitrogen and oxygen atoms in total. The van der Waals surface area contributed by atoms with Gasteiger partial charge in [-0.25, -0.2) is 0 Å². The molecule has 0 unspecified atom stereocenters. The number of rotatable bonds is 7. The van der Waals surface area contributed by atoms with Crippen LogP contribution in [0.2, 0.25) is 0 Å². The van der Waals surface area contributed by atoms with Crippen molar-refractivity contribution in [1.29, 1.82) is 0 Å². The van der Waals surface area contributed by atoms with Crippen LogP contribution in [0.25, 0.3) is 22.4 Å². The summed E-state index contributed by atoms with van der Waals surface area (Å²) < 4.78 is 13.6. The minimum Gasteiger partial charge on any atom is -0.493 e. The van der Waals surface area contributed by atoms with E-state index >= 15 is 0 Å². The van der Waals surface area contributed by atoms with Crippen LogP contribution in [0.4, 0.5) is 0 Å². The first-order chi connectivity index (χ1) is 16.5. The Kier molecular flexibility index (Phi) is 6.10. The van der Waals surface area contributed by atoms with Crippen LogP contribution in [0.5, 0.6) is 17.2 Å². The number of thiazole rings is 1. The maximum absolute atomic E-state index is 12.9. The highest BCUT2D eigenvalue weighted by Gasteiger charge is 2.12. The first-order valence-electron chi connectivity index (χ1n) is 11.0. The molecule has 0 fully saturated rings. The Labute approximate surface area is 200 Å². The molecular weight excluding hydrogens is 446 g/mol. The molecule has 0 spiro atoms. The zero-order valence-corrected chi connectivity index (χ0v) is 19.7. The lowest BCUT2D eigenvalue weighted by atomic mass is 10.2. The zero-order chi connectivity index (χ0) is 23.5. The molecule has 0 amide bonds. The number of aromatic nitrogens is 3. The zero-order valence-electron chi connectivity index (χ0n) is 18.8. The van der Waals surface area contributed by atoms with Crippen molar-refractivity contribution in [1.82, 2.24) is 14.6 Å². The summed E-state index contributed by atoms with van der Waals surface area (Å²) in [5.74, 6) is 3.24. The number of hydrogen-bond acceptors (Lipinski definition) is 6. The molecule has 2 aromatic heterocycles. The Morgan fingerprint density at radius 2 is 1.71 bits per heavy atom. The van der Waals surface area contributed by atoms with Crippen molar-refractivity contribution >= 4 is 22.4 Å². The Morgan fingerprint density at radius 3 is 2.44 bits per heavy atom. The van der Waals surface area contributed by atoms with E-state index in [1.54, 1.807) is 0 Å². The van der Waals surface area contributed by atoms with Gasteiger partial charge >= 0.3 is 0 Å². The number of ether oxygens (including phenoxy) is 2. The predicted octanol–water partition coefficient (Wildman–Crippen LogP) is 5.19. The highest BCUT2D eigenvalue weighted by Crippen LogP contribution is 2.23. The van der Waals surface area contributed by atoms with Gasteiger partial charge in [0, 0.05) is 5.56 Å². The van der Waals surface area contributed by atoms with Gasteiger partial charge in [-0.05, 0) is 66.1 Å². The van der Waals surface area contributed by atoms with Crippen molar-refractivity contribution in [3.05, 3.63) is 99.3 Å². The normalized spacial score (nSPS) is 11.9. The molecule has 170 valence electrons. The lowest BCUT2D eigenvalue weighted by Crippen LogP contribution is -2.23. The maximum Gasteiger partial charge on any atom is 0.291 e. The highest BCUT2D eigenvalue weighted by molar-refractivity contribution is 7.15.